The van der Waals surface area contributed by atoms with Crippen LogP contribution in [0.1, 0.15) is 16.8 Å². The number of carboxylic acids is 1. The summed E-state index contributed by atoms with van der Waals surface area (Å²) in [5, 5.41) is 12.8. The molecule has 2 atom stereocenters. The van der Waals surface area contributed by atoms with Crippen molar-refractivity contribution in [1.29, 1.82) is 0 Å². The van der Waals surface area contributed by atoms with Crippen LogP contribution in [0, 0.1) is 11.6 Å². The fraction of sp³-hybridized carbons (Fsp3) is 0.276. The average Bonchev–Trinajstić information content (AvgIpc) is 3.55. The van der Waals surface area contributed by atoms with E-state index in [0.717, 1.165) is 12.6 Å². The van der Waals surface area contributed by atoms with Crippen molar-refractivity contribution in [2.75, 3.05) is 43.9 Å². The summed E-state index contributed by atoms with van der Waals surface area (Å²) in [6.45, 7) is 1.35. The van der Waals surface area contributed by atoms with Gasteiger partial charge in [0.05, 0.1) is 39.7 Å². The molecule has 0 spiro atoms. The Morgan fingerprint density at radius 3 is 2.64 bits per heavy atom. The number of nitrogens with one attached hydrogen (secondary N) is 2. The number of rotatable bonds is 4. The minimum absolute atomic E-state index is 0.0207. The Morgan fingerprint density at radius 2 is 1.93 bits per heavy atom. The first-order chi connectivity index (χ1) is 20.0. The highest BCUT2D eigenvalue weighted by Gasteiger charge is 2.60. The molecular weight excluding hydrogens is 546 g/mol. The maximum Gasteiger partial charge on any atom is 0.341 e. The van der Waals surface area contributed by atoms with Gasteiger partial charge in [0.2, 0.25) is 0 Å². The summed E-state index contributed by atoms with van der Waals surface area (Å²) in [4.78, 5) is 36.4. The summed E-state index contributed by atoms with van der Waals surface area (Å²) in [6, 6.07) is 7.35. The predicted molar refractivity (Wildman–Crippen MR) is 156 cm³/mol. The van der Waals surface area contributed by atoms with Gasteiger partial charge in [0.25, 0.3) is 5.56 Å². The van der Waals surface area contributed by atoms with Crippen LogP contribution in [0.4, 0.5) is 20.2 Å². The van der Waals surface area contributed by atoms with Gasteiger partial charge in [-0.05, 0) is 31.7 Å². The van der Waals surface area contributed by atoms with Crippen molar-refractivity contribution in [2.45, 2.75) is 17.6 Å². The van der Waals surface area contributed by atoms with Gasteiger partial charge in [0, 0.05) is 55.2 Å². The number of carboxylic acid groups (broad SMARTS) is 1. The van der Waals surface area contributed by atoms with Crippen LogP contribution in [0.5, 0.6) is 0 Å². The van der Waals surface area contributed by atoms with Crippen molar-refractivity contribution in [3.63, 3.8) is 0 Å². The third kappa shape index (κ3) is 3.38. The molecule has 0 bridgehead atoms. The van der Waals surface area contributed by atoms with Crippen molar-refractivity contribution < 1.29 is 18.7 Å². The Hall–Kier alpha value is -4.59. The molecule has 11 nitrogen and oxygen atoms in total. The number of likely N-dealkylation sites (tertiary alicyclic amines) is 1. The van der Waals surface area contributed by atoms with E-state index in [1.807, 2.05) is 16.8 Å². The van der Waals surface area contributed by atoms with E-state index in [1.165, 1.54) is 16.7 Å². The van der Waals surface area contributed by atoms with Crippen LogP contribution in [-0.4, -0.2) is 75.3 Å². The number of nitrogens with zero attached hydrogens (tertiary/aromatic N) is 4. The number of hydrogen-bond donors (Lipinski definition) is 5. The Balaban J connectivity index is 1.56. The first kappa shape index (κ1) is 26.3. The molecule has 2 aliphatic rings. The molecule has 0 amide bonds. The summed E-state index contributed by atoms with van der Waals surface area (Å²) in [5.74, 6) is -3.39. The number of hydrogen-bond acceptors (Lipinski definition) is 8. The number of aromatic carboxylic acids is 1. The van der Waals surface area contributed by atoms with Gasteiger partial charge in [-0.3, -0.25) is 14.1 Å². The van der Waals surface area contributed by atoms with Gasteiger partial charge in [-0.15, -0.1) is 0 Å². The predicted octanol–water partition coefficient (Wildman–Crippen LogP) is 2.52. The first-order valence-electron chi connectivity index (χ1n) is 13.4. The van der Waals surface area contributed by atoms with Gasteiger partial charge in [0.15, 0.2) is 11.6 Å². The molecule has 13 heteroatoms. The van der Waals surface area contributed by atoms with Crippen molar-refractivity contribution in [3.05, 3.63) is 70.3 Å². The van der Waals surface area contributed by atoms with E-state index in [2.05, 4.69) is 15.3 Å². The molecule has 6 heterocycles. The SMILES string of the molecule is CNc1cc(F)c(F)c2c1[nH]c1ncc(-c3ccc4ccc(C(=O)O)c(=O)n4c3)c(N3C[C@]4(N)CCN(C)[C@]4(N)C3)c12. The second kappa shape index (κ2) is 8.71. The average molecular weight is 575 g/mol. The largest absolute Gasteiger partial charge is 0.477 e. The van der Waals surface area contributed by atoms with Gasteiger partial charge in [-0.2, -0.15) is 0 Å². The lowest BCUT2D eigenvalue weighted by Gasteiger charge is -2.36. The molecule has 5 aromatic rings. The molecule has 0 unspecified atom stereocenters. The summed E-state index contributed by atoms with van der Waals surface area (Å²) in [7, 11) is 3.53. The van der Waals surface area contributed by atoms with Crippen LogP contribution in [0.25, 0.3) is 38.6 Å². The standard InChI is InChI=1S/C29H28F2N8O3/c1-34-19-9-18(30)22(31)20-21-24(38-12-28(32)7-8-37(2)29(28,33)13-38)17(10-35-25(21)36-23(19)20)14-3-4-15-5-6-16(27(41)42)26(40)39(15)11-14/h3-6,9-11,34H,7-8,12-13,32-33H2,1-2H3,(H,35,36)(H,41,42)/t28-,29-/m1/s1. The van der Waals surface area contributed by atoms with Gasteiger partial charge in [0.1, 0.15) is 16.9 Å². The Kier molecular flexibility index (Phi) is 5.46. The third-order valence-corrected chi connectivity index (χ3v) is 9.08. The lowest BCUT2D eigenvalue weighted by Crippen LogP contribution is -2.67. The number of pyridine rings is 3. The van der Waals surface area contributed by atoms with E-state index < -0.39 is 34.4 Å². The van der Waals surface area contributed by atoms with Crippen LogP contribution in [0.2, 0.25) is 0 Å². The zero-order valence-corrected chi connectivity index (χ0v) is 22.8. The number of H-pyrrole nitrogens is 1. The zero-order chi connectivity index (χ0) is 29.7. The maximum absolute atomic E-state index is 15.7. The summed E-state index contributed by atoms with van der Waals surface area (Å²) in [6.07, 6.45) is 3.77. The number of nitrogens with two attached hydrogens (primary N) is 2. The summed E-state index contributed by atoms with van der Waals surface area (Å²) >= 11 is 0. The quantitative estimate of drug-likeness (QED) is 0.218. The molecule has 1 aromatic carbocycles. The van der Waals surface area contributed by atoms with E-state index >= 15 is 4.39 Å². The molecule has 0 aliphatic carbocycles. The van der Waals surface area contributed by atoms with E-state index in [1.54, 1.807) is 31.4 Å². The maximum atomic E-state index is 15.7. The number of fused-ring (bicyclic) bond motifs is 5. The van der Waals surface area contributed by atoms with Crippen molar-refractivity contribution in [1.82, 2.24) is 19.3 Å². The topological polar surface area (TPSA) is 158 Å². The van der Waals surface area contributed by atoms with E-state index in [-0.39, 0.29) is 10.9 Å². The second-order valence-electron chi connectivity index (χ2n) is 11.3. The molecular formula is C29H28F2N8O3. The first-order valence-corrected chi connectivity index (χ1v) is 13.4. The number of halogens is 2. The van der Waals surface area contributed by atoms with Crippen LogP contribution >= 0.6 is 0 Å². The molecule has 7 rings (SSSR count). The number of aromatic amines is 1. The molecule has 4 aromatic heterocycles. The Labute approximate surface area is 237 Å². The van der Waals surface area contributed by atoms with E-state index in [9.17, 15) is 19.1 Å². The monoisotopic (exact) mass is 574 g/mol. The van der Waals surface area contributed by atoms with Gasteiger partial charge in [-0.25, -0.2) is 18.6 Å². The second-order valence-corrected chi connectivity index (χ2v) is 11.3. The van der Waals surface area contributed by atoms with Crippen molar-refractivity contribution in [3.8, 4) is 11.1 Å². The smallest absolute Gasteiger partial charge is 0.341 e. The third-order valence-electron chi connectivity index (χ3n) is 9.08. The highest BCUT2D eigenvalue weighted by atomic mass is 19.2. The molecule has 0 saturated carbocycles. The van der Waals surface area contributed by atoms with Crippen molar-refractivity contribution >= 4 is 44.8 Å². The number of carbonyl (C=O) groups is 1. The van der Waals surface area contributed by atoms with Gasteiger partial charge in [-0.1, -0.05) is 6.07 Å². The highest BCUT2D eigenvalue weighted by Crippen LogP contribution is 2.47. The van der Waals surface area contributed by atoms with Crippen LogP contribution in [-0.2, 0) is 0 Å². The fourth-order valence-electron chi connectivity index (χ4n) is 6.70. The van der Waals surface area contributed by atoms with Gasteiger partial charge >= 0.3 is 5.97 Å². The Morgan fingerprint density at radius 1 is 1.17 bits per heavy atom. The van der Waals surface area contributed by atoms with Crippen LogP contribution in [0.3, 0.4) is 0 Å². The van der Waals surface area contributed by atoms with Crippen LogP contribution in [0.15, 0.2) is 47.5 Å². The minimum atomic E-state index is -1.34. The number of aromatic nitrogens is 3. The van der Waals surface area contributed by atoms with Crippen LogP contribution < -0.4 is 27.2 Å². The molecule has 7 N–H and O–H groups in total. The van der Waals surface area contributed by atoms with Gasteiger partial charge < -0.3 is 31.8 Å². The molecule has 42 heavy (non-hydrogen) atoms. The van der Waals surface area contributed by atoms with E-state index in [0.29, 0.717) is 64.1 Å². The summed E-state index contributed by atoms with van der Waals surface area (Å²) < 4.78 is 31.9. The number of anilines is 2. The lowest BCUT2D eigenvalue weighted by molar-refractivity contribution is 0.0694. The Bertz CT molecular complexity index is 2040. The summed E-state index contributed by atoms with van der Waals surface area (Å²) in [5.41, 5.74) is 14.2. The lowest BCUT2D eigenvalue weighted by atomic mass is 9.89. The molecule has 2 saturated heterocycles. The fourth-order valence-corrected chi connectivity index (χ4v) is 6.70. The molecule has 216 valence electrons. The zero-order valence-electron chi connectivity index (χ0n) is 22.8. The number of benzene rings is 1. The molecule has 2 fully saturated rings. The molecule has 0 radical (unpaired) electrons. The molecule has 2 aliphatic heterocycles. The number of likely N-dealkylation sites (N-methyl/N-ethyl adjacent to an activating group) is 1. The highest BCUT2D eigenvalue weighted by molar-refractivity contribution is 6.18. The van der Waals surface area contributed by atoms with Crippen molar-refractivity contribution in [2.24, 2.45) is 11.5 Å². The van der Waals surface area contributed by atoms with E-state index in [4.69, 9.17) is 11.5 Å². The minimum Gasteiger partial charge on any atom is -0.477 e. The normalized spacial score (nSPS) is 22.5.